The molecule has 15 heteroatoms. The van der Waals surface area contributed by atoms with Gasteiger partial charge in [-0.25, -0.2) is 9.59 Å². The first-order valence-electron chi connectivity index (χ1n) is 11.5. The Kier molecular flexibility index (Phi) is 10.6. The second-order valence-electron chi connectivity index (χ2n) is 9.22. The fourth-order valence-corrected chi connectivity index (χ4v) is 4.47. The Balaban J connectivity index is 0.000000301. The molecule has 2 N–H and O–H groups in total. The average molecular weight is 554 g/mol. The molecule has 2 aromatic rings. The summed E-state index contributed by atoms with van der Waals surface area (Å²) in [4.78, 5) is 27.5. The molecule has 2 aliphatic heterocycles. The lowest BCUT2D eigenvalue weighted by Gasteiger charge is -2.40. The van der Waals surface area contributed by atoms with Crippen molar-refractivity contribution in [2.45, 2.75) is 44.7 Å². The number of rotatable bonds is 4. The summed E-state index contributed by atoms with van der Waals surface area (Å²) >= 11 is 0. The highest BCUT2D eigenvalue weighted by Gasteiger charge is 2.41. The van der Waals surface area contributed by atoms with Crippen molar-refractivity contribution in [1.29, 1.82) is 0 Å². The van der Waals surface area contributed by atoms with Crippen molar-refractivity contribution in [3.63, 3.8) is 0 Å². The number of aryl methyl sites for hydroxylation is 1. The van der Waals surface area contributed by atoms with Crippen molar-refractivity contribution < 1.29 is 46.1 Å². The normalized spacial score (nSPS) is 20.3. The van der Waals surface area contributed by atoms with Crippen molar-refractivity contribution in [3.8, 4) is 0 Å². The highest BCUT2D eigenvalue weighted by atomic mass is 19.4. The van der Waals surface area contributed by atoms with Crippen LogP contribution in [-0.2, 0) is 29.7 Å². The number of aliphatic carboxylic acids is 2. The summed E-state index contributed by atoms with van der Waals surface area (Å²) in [6.07, 6.45) is -0.118. The fourth-order valence-electron chi connectivity index (χ4n) is 4.47. The summed E-state index contributed by atoms with van der Waals surface area (Å²) in [7, 11) is 1.99. The highest BCUT2D eigenvalue weighted by molar-refractivity contribution is 5.73. The van der Waals surface area contributed by atoms with Gasteiger partial charge in [-0.05, 0) is 49.9 Å². The standard InChI is InChI=1S/C19H27N5.2C2HF3O2/c1-22-12-17(11-21-22)13-24-10-7-19(16-24)6-4-9-23(15-19)14-18-5-2-3-8-20-18;2*3-2(4,5)1(6)7/h2-3,5,8,11-12H,4,6-7,9-10,13-16H2,1H3;2*(H,6,7). The molecular weight excluding hydrogens is 524 g/mol. The lowest BCUT2D eigenvalue weighted by atomic mass is 9.79. The molecule has 2 aliphatic rings. The van der Waals surface area contributed by atoms with Gasteiger partial charge in [0.2, 0.25) is 0 Å². The predicted octanol–water partition coefficient (Wildman–Crippen LogP) is 3.57. The SMILES string of the molecule is Cn1cc(CN2CCC3(CCCN(Cc4ccccn4)C3)C2)cn1.O=C(O)C(F)(F)F.O=C(O)C(F)(F)F. The Bertz CT molecular complexity index is 1020. The first-order valence-corrected chi connectivity index (χ1v) is 11.5. The molecule has 1 atom stereocenters. The number of piperidine rings is 1. The zero-order valence-electron chi connectivity index (χ0n) is 20.5. The number of alkyl halides is 6. The summed E-state index contributed by atoms with van der Waals surface area (Å²) in [5.41, 5.74) is 3.00. The van der Waals surface area contributed by atoms with Gasteiger partial charge >= 0.3 is 24.3 Å². The molecule has 1 unspecified atom stereocenters. The molecule has 2 fully saturated rings. The number of hydrogen-bond acceptors (Lipinski definition) is 6. The van der Waals surface area contributed by atoms with Crippen LogP contribution in [0.25, 0.3) is 0 Å². The number of hydrogen-bond donors (Lipinski definition) is 2. The van der Waals surface area contributed by atoms with Crippen molar-refractivity contribution >= 4 is 11.9 Å². The van der Waals surface area contributed by atoms with Crippen LogP contribution in [0.3, 0.4) is 0 Å². The molecular formula is C23H29F6N5O4. The maximum atomic E-state index is 10.6. The van der Waals surface area contributed by atoms with Crippen LogP contribution in [0.5, 0.6) is 0 Å². The van der Waals surface area contributed by atoms with Crippen molar-refractivity contribution in [1.82, 2.24) is 24.6 Å². The van der Waals surface area contributed by atoms with E-state index in [1.165, 1.54) is 56.7 Å². The minimum Gasteiger partial charge on any atom is -0.475 e. The molecule has 2 aromatic heterocycles. The van der Waals surface area contributed by atoms with E-state index >= 15 is 0 Å². The highest BCUT2D eigenvalue weighted by Crippen LogP contribution is 2.39. The van der Waals surface area contributed by atoms with E-state index in [-0.39, 0.29) is 0 Å². The van der Waals surface area contributed by atoms with Crippen molar-refractivity contribution in [2.24, 2.45) is 12.5 Å². The smallest absolute Gasteiger partial charge is 0.475 e. The molecule has 38 heavy (non-hydrogen) atoms. The van der Waals surface area contributed by atoms with E-state index in [1.54, 1.807) is 0 Å². The lowest BCUT2D eigenvalue weighted by Crippen LogP contribution is -2.44. The molecule has 2 saturated heterocycles. The van der Waals surface area contributed by atoms with Gasteiger partial charge in [-0.1, -0.05) is 6.07 Å². The van der Waals surface area contributed by atoms with Gasteiger partial charge in [0.1, 0.15) is 0 Å². The van der Waals surface area contributed by atoms with Crippen molar-refractivity contribution in [2.75, 3.05) is 26.2 Å². The molecule has 4 rings (SSSR count). The van der Waals surface area contributed by atoms with Crippen LogP contribution in [-0.4, -0.2) is 85.2 Å². The largest absolute Gasteiger partial charge is 0.490 e. The molecule has 4 heterocycles. The van der Waals surface area contributed by atoms with Crippen LogP contribution in [0, 0.1) is 5.41 Å². The topological polar surface area (TPSA) is 112 Å². The van der Waals surface area contributed by atoms with Crippen LogP contribution >= 0.6 is 0 Å². The van der Waals surface area contributed by atoms with Gasteiger partial charge < -0.3 is 10.2 Å². The molecule has 0 radical (unpaired) electrons. The molecule has 9 nitrogen and oxygen atoms in total. The number of likely N-dealkylation sites (tertiary alicyclic amines) is 2. The van der Waals surface area contributed by atoms with Gasteiger partial charge in [0.05, 0.1) is 11.9 Å². The molecule has 1 spiro atoms. The second kappa shape index (κ2) is 13.0. The zero-order valence-corrected chi connectivity index (χ0v) is 20.5. The first kappa shape index (κ1) is 31.0. The Morgan fingerprint density at radius 1 is 0.947 bits per heavy atom. The minimum absolute atomic E-state index is 0.481. The monoisotopic (exact) mass is 553 g/mol. The van der Waals surface area contributed by atoms with Crippen LogP contribution in [0.2, 0.25) is 0 Å². The Hall–Kier alpha value is -3.20. The van der Waals surface area contributed by atoms with E-state index in [1.807, 2.05) is 30.2 Å². The molecule has 0 aliphatic carbocycles. The number of nitrogens with zero attached hydrogens (tertiary/aromatic N) is 5. The molecule has 0 bridgehead atoms. The zero-order chi connectivity index (χ0) is 28.6. The van der Waals surface area contributed by atoms with E-state index in [9.17, 15) is 26.3 Å². The average Bonchev–Trinajstić information content (AvgIpc) is 3.39. The first-order chi connectivity index (χ1) is 17.6. The van der Waals surface area contributed by atoms with E-state index in [0.29, 0.717) is 5.41 Å². The van der Waals surface area contributed by atoms with Crippen molar-refractivity contribution in [3.05, 3.63) is 48.0 Å². The van der Waals surface area contributed by atoms with Crippen LogP contribution in [0.15, 0.2) is 36.8 Å². The quantitative estimate of drug-likeness (QED) is 0.553. The number of carboxylic acids is 2. The molecule has 0 aromatic carbocycles. The third-order valence-electron chi connectivity index (χ3n) is 6.02. The Morgan fingerprint density at radius 2 is 1.53 bits per heavy atom. The third kappa shape index (κ3) is 10.3. The number of pyridine rings is 1. The molecule has 0 saturated carbocycles. The van der Waals surface area contributed by atoms with Gasteiger partial charge in [0, 0.05) is 51.2 Å². The van der Waals surface area contributed by atoms with Gasteiger partial charge in [-0.15, -0.1) is 0 Å². The lowest BCUT2D eigenvalue weighted by molar-refractivity contribution is -0.193. The minimum atomic E-state index is -5.08. The molecule has 212 valence electrons. The summed E-state index contributed by atoms with van der Waals surface area (Å²) < 4.78 is 65.4. The maximum absolute atomic E-state index is 10.6. The number of aromatic nitrogens is 3. The number of carboxylic acid groups (broad SMARTS) is 2. The van der Waals surface area contributed by atoms with Gasteiger partial charge in [0.15, 0.2) is 0 Å². The van der Waals surface area contributed by atoms with E-state index in [0.717, 1.165) is 13.1 Å². The number of carbonyl (C=O) groups is 2. The van der Waals surface area contributed by atoms with Crippen LogP contribution < -0.4 is 0 Å². The van der Waals surface area contributed by atoms with E-state index in [4.69, 9.17) is 19.8 Å². The van der Waals surface area contributed by atoms with Crippen LogP contribution in [0.4, 0.5) is 26.3 Å². The fraction of sp³-hybridized carbons (Fsp3) is 0.565. The summed E-state index contributed by atoms with van der Waals surface area (Å²) in [6, 6.07) is 6.23. The summed E-state index contributed by atoms with van der Waals surface area (Å²) in [5.74, 6) is -5.51. The van der Waals surface area contributed by atoms with Gasteiger partial charge in [-0.3, -0.25) is 19.5 Å². The van der Waals surface area contributed by atoms with Crippen LogP contribution in [0.1, 0.15) is 30.5 Å². The summed E-state index contributed by atoms with van der Waals surface area (Å²) in [6.45, 7) is 6.89. The summed E-state index contributed by atoms with van der Waals surface area (Å²) in [5, 5.41) is 18.5. The van der Waals surface area contributed by atoms with Gasteiger partial charge in [0.25, 0.3) is 0 Å². The Morgan fingerprint density at radius 3 is 2.00 bits per heavy atom. The Labute approximate surface area is 214 Å². The number of halogens is 6. The second-order valence-corrected chi connectivity index (χ2v) is 9.22. The van der Waals surface area contributed by atoms with Gasteiger partial charge in [-0.2, -0.15) is 31.4 Å². The predicted molar refractivity (Wildman–Crippen MR) is 122 cm³/mol. The van der Waals surface area contributed by atoms with E-state index < -0.39 is 24.3 Å². The molecule has 0 amide bonds. The third-order valence-corrected chi connectivity index (χ3v) is 6.02. The maximum Gasteiger partial charge on any atom is 0.490 e. The van der Waals surface area contributed by atoms with E-state index in [2.05, 4.69) is 38.2 Å².